The van der Waals surface area contributed by atoms with Crippen molar-refractivity contribution in [2.24, 2.45) is 7.05 Å². The molecule has 0 unspecified atom stereocenters. The maximum Gasteiger partial charge on any atom is 0.328 e. The van der Waals surface area contributed by atoms with E-state index in [9.17, 15) is 4.79 Å². The number of hydrogen-bond acceptors (Lipinski definition) is 1. The van der Waals surface area contributed by atoms with E-state index in [1.54, 1.807) is 22.4 Å². The third-order valence-electron chi connectivity index (χ3n) is 2.80. The molecule has 84 valence electrons. The van der Waals surface area contributed by atoms with Crippen molar-refractivity contribution in [1.82, 2.24) is 9.13 Å². The van der Waals surface area contributed by atoms with Crippen LogP contribution in [0.15, 0.2) is 41.5 Å². The van der Waals surface area contributed by atoms with Gasteiger partial charge in [-0.1, -0.05) is 31.2 Å². The molecule has 0 aliphatic rings. The molecule has 0 fully saturated rings. The first-order valence-electron chi connectivity index (χ1n) is 5.50. The maximum absolute atomic E-state index is 11.6. The smallest absolute Gasteiger partial charge is 0.302 e. The third kappa shape index (κ3) is 2.08. The van der Waals surface area contributed by atoms with Gasteiger partial charge in [0.2, 0.25) is 0 Å². The van der Waals surface area contributed by atoms with Crippen molar-refractivity contribution in [1.29, 1.82) is 0 Å². The van der Waals surface area contributed by atoms with Gasteiger partial charge in [-0.25, -0.2) is 4.79 Å². The van der Waals surface area contributed by atoms with Crippen molar-refractivity contribution < 1.29 is 0 Å². The third-order valence-corrected chi connectivity index (χ3v) is 2.80. The van der Waals surface area contributed by atoms with Crippen LogP contribution in [0, 0.1) is 0 Å². The van der Waals surface area contributed by atoms with Gasteiger partial charge in [0.25, 0.3) is 0 Å². The summed E-state index contributed by atoms with van der Waals surface area (Å²) < 4.78 is 3.29. The second-order valence-corrected chi connectivity index (χ2v) is 3.99. The number of nitrogens with zero attached hydrogens (tertiary/aromatic N) is 2. The average Bonchev–Trinajstić information content (AvgIpc) is 2.62. The Labute approximate surface area is 95.0 Å². The monoisotopic (exact) mass is 216 g/mol. The summed E-state index contributed by atoms with van der Waals surface area (Å²) in [4.78, 5) is 11.6. The Morgan fingerprint density at radius 3 is 2.19 bits per heavy atom. The SMILES string of the molecule is CCc1ccc(Cn2ccn(C)c2=O)cc1. The van der Waals surface area contributed by atoms with Crippen LogP contribution in [0.3, 0.4) is 0 Å². The Morgan fingerprint density at radius 1 is 1.06 bits per heavy atom. The molecule has 2 rings (SSSR count). The van der Waals surface area contributed by atoms with Crippen molar-refractivity contribution in [2.75, 3.05) is 0 Å². The zero-order valence-corrected chi connectivity index (χ0v) is 9.68. The summed E-state index contributed by atoms with van der Waals surface area (Å²) in [7, 11) is 1.76. The Balaban J connectivity index is 2.21. The lowest BCUT2D eigenvalue weighted by Gasteiger charge is -2.03. The molecule has 16 heavy (non-hydrogen) atoms. The highest BCUT2D eigenvalue weighted by molar-refractivity contribution is 5.22. The first-order chi connectivity index (χ1) is 7.70. The standard InChI is InChI=1S/C13H16N2O/c1-3-11-4-6-12(7-5-11)10-15-9-8-14(2)13(15)16/h4-9H,3,10H2,1-2H3. The second kappa shape index (κ2) is 4.39. The molecule has 2 aromatic rings. The van der Waals surface area contributed by atoms with E-state index in [4.69, 9.17) is 0 Å². The molecule has 0 atom stereocenters. The van der Waals surface area contributed by atoms with Gasteiger partial charge in [0.05, 0.1) is 6.54 Å². The minimum atomic E-state index is 0.0274. The first kappa shape index (κ1) is 10.7. The number of benzene rings is 1. The van der Waals surface area contributed by atoms with Gasteiger partial charge >= 0.3 is 5.69 Å². The summed E-state index contributed by atoms with van der Waals surface area (Å²) in [6.45, 7) is 2.78. The molecule has 0 aliphatic heterocycles. The quantitative estimate of drug-likeness (QED) is 0.768. The number of hydrogen-bond donors (Lipinski definition) is 0. The van der Waals surface area contributed by atoms with Crippen LogP contribution in [0.2, 0.25) is 0 Å². The summed E-state index contributed by atoms with van der Waals surface area (Å²) in [5.41, 5.74) is 2.51. The van der Waals surface area contributed by atoms with Crippen LogP contribution in [-0.4, -0.2) is 9.13 Å². The fourth-order valence-electron chi connectivity index (χ4n) is 1.71. The Kier molecular flexibility index (Phi) is 2.95. The van der Waals surface area contributed by atoms with Crippen LogP contribution >= 0.6 is 0 Å². The highest BCUT2D eigenvalue weighted by Crippen LogP contribution is 2.05. The lowest BCUT2D eigenvalue weighted by atomic mass is 10.1. The number of rotatable bonds is 3. The summed E-state index contributed by atoms with van der Waals surface area (Å²) in [5.74, 6) is 0. The second-order valence-electron chi connectivity index (χ2n) is 3.99. The first-order valence-corrected chi connectivity index (χ1v) is 5.50. The molecule has 3 nitrogen and oxygen atoms in total. The molecule has 1 aromatic carbocycles. The Morgan fingerprint density at radius 2 is 1.69 bits per heavy atom. The minimum absolute atomic E-state index is 0.0274. The van der Waals surface area contributed by atoms with E-state index in [1.165, 1.54) is 5.56 Å². The topological polar surface area (TPSA) is 26.9 Å². The normalized spacial score (nSPS) is 10.6. The van der Waals surface area contributed by atoms with Crippen molar-refractivity contribution in [3.63, 3.8) is 0 Å². The summed E-state index contributed by atoms with van der Waals surface area (Å²) in [5, 5.41) is 0. The van der Waals surface area contributed by atoms with Crippen molar-refractivity contribution in [3.8, 4) is 0 Å². The Bertz CT molecular complexity index is 520. The van der Waals surface area contributed by atoms with Crippen LogP contribution in [0.5, 0.6) is 0 Å². The van der Waals surface area contributed by atoms with E-state index >= 15 is 0 Å². The van der Waals surface area contributed by atoms with Crippen molar-refractivity contribution in [3.05, 3.63) is 58.3 Å². The number of aryl methyl sites for hydroxylation is 2. The molecular weight excluding hydrogens is 200 g/mol. The van der Waals surface area contributed by atoms with E-state index in [-0.39, 0.29) is 5.69 Å². The molecule has 3 heteroatoms. The van der Waals surface area contributed by atoms with E-state index in [0.717, 1.165) is 12.0 Å². The molecule has 0 amide bonds. The van der Waals surface area contributed by atoms with Gasteiger partial charge in [-0.05, 0) is 17.5 Å². The van der Waals surface area contributed by atoms with E-state index in [0.29, 0.717) is 6.54 Å². The predicted molar refractivity (Wildman–Crippen MR) is 64.6 cm³/mol. The van der Waals surface area contributed by atoms with Crippen molar-refractivity contribution >= 4 is 0 Å². The molecule has 0 aliphatic carbocycles. The van der Waals surface area contributed by atoms with Crippen molar-refractivity contribution in [2.45, 2.75) is 19.9 Å². The predicted octanol–water partition coefficient (Wildman–Crippen LogP) is 1.80. The Hall–Kier alpha value is -1.77. The van der Waals surface area contributed by atoms with Gasteiger partial charge in [-0.3, -0.25) is 4.57 Å². The van der Waals surface area contributed by atoms with Crippen LogP contribution in [0.1, 0.15) is 18.1 Å². The fraction of sp³-hybridized carbons (Fsp3) is 0.308. The van der Waals surface area contributed by atoms with E-state index in [1.807, 2.05) is 6.20 Å². The average molecular weight is 216 g/mol. The molecule has 0 radical (unpaired) electrons. The molecular formula is C13H16N2O. The number of imidazole rings is 1. The van der Waals surface area contributed by atoms with Crippen LogP contribution in [0.4, 0.5) is 0 Å². The lowest BCUT2D eigenvalue weighted by Crippen LogP contribution is -2.22. The van der Waals surface area contributed by atoms with Gasteiger partial charge in [-0.2, -0.15) is 0 Å². The van der Waals surface area contributed by atoms with Gasteiger partial charge in [0.1, 0.15) is 0 Å². The van der Waals surface area contributed by atoms with Gasteiger partial charge in [0.15, 0.2) is 0 Å². The molecule has 0 spiro atoms. The largest absolute Gasteiger partial charge is 0.328 e. The highest BCUT2D eigenvalue weighted by Gasteiger charge is 2.00. The minimum Gasteiger partial charge on any atom is -0.302 e. The van der Waals surface area contributed by atoms with Gasteiger partial charge in [-0.15, -0.1) is 0 Å². The molecule has 1 heterocycles. The molecule has 0 saturated carbocycles. The molecule has 0 bridgehead atoms. The van der Waals surface area contributed by atoms with E-state index < -0.39 is 0 Å². The lowest BCUT2D eigenvalue weighted by molar-refractivity contribution is 0.717. The number of aromatic nitrogens is 2. The van der Waals surface area contributed by atoms with Gasteiger partial charge in [0, 0.05) is 19.4 Å². The fourth-order valence-corrected chi connectivity index (χ4v) is 1.71. The molecule has 0 saturated heterocycles. The highest BCUT2D eigenvalue weighted by atomic mass is 16.1. The molecule has 0 N–H and O–H groups in total. The summed E-state index contributed by atoms with van der Waals surface area (Å²) in [6, 6.07) is 8.39. The van der Waals surface area contributed by atoms with Gasteiger partial charge < -0.3 is 4.57 Å². The van der Waals surface area contributed by atoms with E-state index in [2.05, 4.69) is 31.2 Å². The summed E-state index contributed by atoms with van der Waals surface area (Å²) in [6.07, 6.45) is 4.64. The molecule has 1 aromatic heterocycles. The zero-order valence-electron chi connectivity index (χ0n) is 9.68. The summed E-state index contributed by atoms with van der Waals surface area (Å²) >= 11 is 0. The zero-order chi connectivity index (χ0) is 11.5. The maximum atomic E-state index is 11.6. The van der Waals surface area contributed by atoms with Crippen LogP contribution in [-0.2, 0) is 20.0 Å². The van der Waals surface area contributed by atoms with Crippen LogP contribution < -0.4 is 5.69 Å². The van der Waals surface area contributed by atoms with Crippen LogP contribution in [0.25, 0.3) is 0 Å².